The molecule has 3 aromatic heterocycles. The third kappa shape index (κ3) is 4.15. The number of morpholine rings is 1. The summed E-state index contributed by atoms with van der Waals surface area (Å²) >= 11 is 0. The lowest BCUT2D eigenvalue weighted by molar-refractivity contribution is 0.0336. The minimum atomic E-state index is -0.201. The van der Waals surface area contributed by atoms with E-state index in [1.165, 1.54) is 6.07 Å². The number of pyridine rings is 1. The molecule has 5 heterocycles. The van der Waals surface area contributed by atoms with Gasteiger partial charge in [-0.05, 0) is 54.8 Å². The van der Waals surface area contributed by atoms with Crippen molar-refractivity contribution in [1.29, 1.82) is 0 Å². The molecule has 0 N–H and O–H groups in total. The van der Waals surface area contributed by atoms with Gasteiger partial charge in [0.1, 0.15) is 17.3 Å². The van der Waals surface area contributed by atoms with E-state index in [0.29, 0.717) is 0 Å². The van der Waals surface area contributed by atoms with Crippen LogP contribution in [0.5, 0.6) is 0 Å². The van der Waals surface area contributed by atoms with Crippen molar-refractivity contribution in [2.45, 2.75) is 25.4 Å². The molecule has 0 saturated carbocycles. The van der Waals surface area contributed by atoms with Crippen LogP contribution in [0.25, 0.3) is 17.0 Å². The molecule has 2 saturated heterocycles. The molecule has 1 aromatic carbocycles. The Morgan fingerprint density at radius 2 is 1.88 bits per heavy atom. The second-order valence-corrected chi connectivity index (χ2v) is 8.91. The molecule has 0 bridgehead atoms. The van der Waals surface area contributed by atoms with Gasteiger partial charge in [0.15, 0.2) is 5.65 Å². The molecule has 0 aliphatic carbocycles. The molecule has 2 aliphatic rings. The number of ether oxygens (including phenoxy) is 1. The summed E-state index contributed by atoms with van der Waals surface area (Å²) in [5.41, 5.74) is 4.51. The summed E-state index contributed by atoms with van der Waals surface area (Å²) in [6.07, 6.45) is 3.86. The predicted molar refractivity (Wildman–Crippen MR) is 128 cm³/mol. The minimum Gasteiger partial charge on any atom is -0.379 e. The first-order valence-electron chi connectivity index (χ1n) is 11.9. The standard InChI is InChI=1S/C26H27FN6O/c27-20-5-1-4-19(16-20)23-8-3-11-32(23)26-10-9-25-28-17-24(33(25)30-26)22-7-2-6-21(29-22)18-31-12-14-34-15-13-31/h1-2,4-7,9-10,16-17,23H,3,8,11-15,18H2. The monoisotopic (exact) mass is 458 g/mol. The minimum absolute atomic E-state index is 0.114. The summed E-state index contributed by atoms with van der Waals surface area (Å²) in [5.74, 6) is 0.663. The Balaban J connectivity index is 1.31. The first-order valence-corrected chi connectivity index (χ1v) is 11.9. The molecule has 1 atom stereocenters. The predicted octanol–water partition coefficient (Wildman–Crippen LogP) is 4.10. The fourth-order valence-corrected chi connectivity index (χ4v) is 4.99. The normalized spacial score (nSPS) is 19.2. The Kier molecular flexibility index (Phi) is 5.68. The quantitative estimate of drug-likeness (QED) is 0.449. The van der Waals surface area contributed by atoms with E-state index in [4.69, 9.17) is 14.8 Å². The smallest absolute Gasteiger partial charge is 0.154 e. The zero-order valence-corrected chi connectivity index (χ0v) is 19.0. The van der Waals surface area contributed by atoms with E-state index in [1.54, 1.807) is 12.1 Å². The lowest BCUT2D eigenvalue weighted by Gasteiger charge is -2.26. The number of anilines is 1. The van der Waals surface area contributed by atoms with Gasteiger partial charge in [0.2, 0.25) is 0 Å². The van der Waals surface area contributed by atoms with Crippen LogP contribution in [-0.4, -0.2) is 57.3 Å². The summed E-state index contributed by atoms with van der Waals surface area (Å²) in [7, 11) is 0. The van der Waals surface area contributed by atoms with Gasteiger partial charge in [-0.1, -0.05) is 18.2 Å². The zero-order chi connectivity index (χ0) is 22.9. The second-order valence-electron chi connectivity index (χ2n) is 8.91. The largest absolute Gasteiger partial charge is 0.379 e. The Bertz CT molecular complexity index is 1300. The zero-order valence-electron chi connectivity index (χ0n) is 19.0. The maximum atomic E-state index is 13.9. The van der Waals surface area contributed by atoms with Crippen molar-refractivity contribution in [1.82, 2.24) is 24.5 Å². The molecule has 2 fully saturated rings. The maximum absolute atomic E-state index is 13.9. The van der Waals surface area contributed by atoms with Gasteiger partial charge in [0, 0.05) is 26.2 Å². The molecule has 2 aliphatic heterocycles. The van der Waals surface area contributed by atoms with Crippen LogP contribution in [0.15, 0.2) is 60.8 Å². The number of nitrogens with zero attached hydrogens (tertiary/aromatic N) is 6. The van der Waals surface area contributed by atoms with Gasteiger partial charge in [-0.2, -0.15) is 0 Å². The van der Waals surface area contributed by atoms with Crippen LogP contribution in [0.1, 0.15) is 30.1 Å². The van der Waals surface area contributed by atoms with Crippen molar-refractivity contribution in [2.24, 2.45) is 0 Å². The highest BCUT2D eigenvalue weighted by Crippen LogP contribution is 2.35. The molecule has 0 amide bonds. The first kappa shape index (κ1) is 21.2. The van der Waals surface area contributed by atoms with Crippen LogP contribution >= 0.6 is 0 Å². The molecule has 0 spiro atoms. The molecular weight excluding hydrogens is 431 g/mol. The Labute approximate surface area is 197 Å². The second kappa shape index (κ2) is 9.12. The number of fused-ring (bicyclic) bond motifs is 1. The summed E-state index contributed by atoms with van der Waals surface area (Å²) in [5, 5.41) is 4.96. The molecule has 174 valence electrons. The third-order valence-electron chi connectivity index (χ3n) is 6.69. The average molecular weight is 459 g/mol. The summed E-state index contributed by atoms with van der Waals surface area (Å²) < 4.78 is 21.2. The van der Waals surface area contributed by atoms with Crippen molar-refractivity contribution in [3.63, 3.8) is 0 Å². The number of rotatable bonds is 5. The fraction of sp³-hybridized carbons (Fsp3) is 0.346. The van der Waals surface area contributed by atoms with Crippen molar-refractivity contribution < 1.29 is 9.13 Å². The Hall–Kier alpha value is -3.36. The van der Waals surface area contributed by atoms with Crippen molar-refractivity contribution in [3.05, 3.63) is 77.9 Å². The van der Waals surface area contributed by atoms with E-state index < -0.39 is 0 Å². The van der Waals surface area contributed by atoms with E-state index in [9.17, 15) is 4.39 Å². The number of halogens is 1. The van der Waals surface area contributed by atoms with E-state index in [0.717, 1.165) is 86.3 Å². The van der Waals surface area contributed by atoms with Crippen LogP contribution in [0.4, 0.5) is 10.2 Å². The summed E-state index contributed by atoms with van der Waals surface area (Å²) in [6, 6.07) is 17.1. The lowest BCUT2D eigenvalue weighted by atomic mass is 10.0. The summed E-state index contributed by atoms with van der Waals surface area (Å²) in [4.78, 5) is 14.1. The van der Waals surface area contributed by atoms with E-state index in [1.807, 2.05) is 41.0 Å². The SMILES string of the molecule is Fc1cccc(C2CCCN2c2ccc3ncc(-c4cccc(CN5CCOCC5)n4)n3n2)c1. The van der Waals surface area contributed by atoms with Gasteiger partial charge < -0.3 is 9.64 Å². The van der Waals surface area contributed by atoms with Crippen LogP contribution in [0.3, 0.4) is 0 Å². The molecule has 4 aromatic rings. The van der Waals surface area contributed by atoms with Crippen molar-refractivity contribution >= 4 is 11.5 Å². The number of imidazole rings is 1. The van der Waals surface area contributed by atoms with Gasteiger partial charge in [-0.15, -0.1) is 5.10 Å². The fourth-order valence-electron chi connectivity index (χ4n) is 4.99. The highest BCUT2D eigenvalue weighted by molar-refractivity contribution is 5.61. The van der Waals surface area contributed by atoms with Crippen LogP contribution < -0.4 is 4.90 Å². The highest BCUT2D eigenvalue weighted by Gasteiger charge is 2.28. The lowest BCUT2D eigenvalue weighted by Crippen LogP contribution is -2.35. The average Bonchev–Trinajstić information content (AvgIpc) is 3.52. The number of hydrogen-bond acceptors (Lipinski definition) is 6. The van der Waals surface area contributed by atoms with E-state index in [2.05, 4.69) is 20.9 Å². The first-order chi connectivity index (χ1) is 16.7. The molecule has 0 radical (unpaired) electrons. The van der Waals surface area contributed by atoms with Gasteiger partial charge in [-0.3, -0.25) is 4.90 Å². The van der Waals surface area contributed by atoms with Gasteiger partial charge in [0.05, 0.1) is 36.8 Å². The number of benzene rings is 1. The van der Waals surface area contributed by atoms with Crippen LogP contribution in [0, 0.1) is 5.82 Å². The third-order valence-corrected chi connectivity index (χ3v) is 6.69. The topological polar surface area (TPSA) is 58.8 Å². The Morgan fingerprint density at radius 3 is 2.76 bits per heavy atom. The molecule has 1 unspecified atom stereocenters. The Morgan fingerprint density at radius 1 is 1.00 bits per heavy atom. The number of aromatic nitrogens is 4. The molecule has 8 heteroatoms. The maximum Gasteiger partial charge on any atom is 0.154 e. The van der Waals surface area contributed by atoms with Crippen molar-refractivity contribution in [3.8, 4) is 11.4 Å². The molecule has 7 nitrogen and oxygen atoms in total. The molecule has 34 heavy (non-hydrogen) atoms. The summed E-state index contributed by atoms with van der Waals surface area (Å²) in [6.45, 7) is 5.08. The van der Waals surface area contributed by atoms with Gasteiger partial charge >= 0.3 is 0 Å². The van der Waals surface area contributed by atoms with Gasteiger partial charge in [-0.25, -0.2) is 18.9 Å². The molecular formula is C26H27FN6O. The van der Waals surface area contributed by atoms with E-state index in [-0.39, 0.29) is 11.9 Å². The van der Waals surface area contributed by atoms with Crippen LogP contribution in [0.2, 0.25) is 0 Å². The number of hydrogen-bond donors (Lipinski definition) is 0. The highest BCUT2D eigenvalue weighted by atomic mass is 19.1. The molecule has 6 rings (SSSR count). The van der Waals surface area contributed by atoms with Gasteiger partial charge in [0.25, 0.3) is 0 Å². The van der Waals surface area contributed by atoms with E-state index >= 15 is 0 Å². The van der Waals surface area contributed by atoms with Crippen LogP contribution in [-0.2, 0) is 11.3 Å². The van der Waals surface area contributed by atoms with Crippen molar-refractivity contribution in [2.75, 3.05) is 37.7 Å².